The quantitative estimate of drug-likeness (QED) is 0.821. The molecule has 21 heavy (non-hydrogen) atoms. The third kappa shape index (κ3) is 3.77. The fourth-order valence-electron chi connectivity index (χ4n) is 1.87. The lowest BCUT2D eigenvalue weighted by Crippen LogP contribution is -2.11. The summed E-state index contributed by atoms with van der Waals surface area (Å²) >= 11 is 11.1. The van der Waals surface area contributed by atoms with Crippen molar-refractivity contribution in [2.75, 3.05) is 19.5 Å². The second-order valence-corrected chi connectivity index (χ2v) is 5.16. The van der Waals surface area contributed by atoms with Gasteiger partial charge in [0.2, 0.25) is 0 Å². The van der Waals surface area contributed by atoms with Crippen molar-refractivity contribution in [2.24, 2.45) is 5.73 Å². The molecule has 0 bridgehead atoms. The number of hydrogen-bond donors (Lipinski definition) is 2. The molecule has 0 radical (unpaired) electrons. The summed E-state index contributed by atoms with van der Waals surface area (Å²) < 4.78 is 10.5. The Hall–Kier alpha value is -1.98. The topological polar surface area (TPSA) is 56.5 Å². The van der Waals surface area contributed by atoms with Gasteiger partial charge in [-0.05, 0) is 18.2 Å². The van der Waals surface area contributed by atoms with Crippen molar-refractivity contribution in [1.29, 1.82) is 0 Å². The third-order valence-electron chi connectivity index (χ3n) is 2.88. The molecule has 0 atom stereocenters. The van der Waals surface area contributed by atoms with Gasteiger partial charge in [0.05, 0.1) is 19.9 Å². The normalized spacial score (nSPS) is 10.0. The molecule has 6 heteroatoms. The zero-order valence-electron chi connectivity index (χ0n) is 11.6. The van der Waals surface area contributed by atoms with Gasteiger partial charge < -0.3 is 20.5 Å². The summed E-state index contributed by atoms with van der Waals surface area (Å²) in [7, 11) is 3.19. The maximum absolute atomic E-state index is 6.03. The van der Waals surface area contributed by atoms with E-state index in [9.17, 15) is 0 Å². The van der Waals surface area contributed by atoms with Gasteiger partial charge in [0, 0.05) is 34.5 Å². The molecule has 0 fully saturated rings. The van der Waals surface area contributed by atoms with E-state index in [1.807, 2.05) is 12.1 Å². The number of ether oxygens (including phenoxy) is 2. The van der Waals surface area contributed by atoms with E-state index in [0.29, 0.717) is 21.5 Å². The summed E-state index contributed by atoms with van der Waals surface area (Å²) in [6, 6.07) is 10.8. The van der Waals surface area contributed by atoms with Crippen LogP contribution in [0.5, 0.6) is 11.5 Å². The first-order chi connectivity index (χ1) is 10.0. The molecular formula is C15H15ClN2O2S. The van der Waals surface area contributed by atoms with Crippen LogP contribution in [0.3, 0.4) is 0 Å². The molecule has 0 aromatic heterocycles. The molecule has 3 N–H and O–H groups in total. The number of halogens is 1. The van der Waals surface area contributed by atoms with Crippen LogP contribution in [0, 0.1) is 0 Å². The van der Waals surface area contributed by atoms with Crippen LogP contribution in [-0.2, 0) is 0 Å². The predicted octanol–water partition coefficient (Wildman–Crippen LogP) is 3.74. The zero-order chi connectivity index (χ0) is 15.4. The lowest BCUT2D eigenvalue weighted by molar-refractivity contribution is 0.395. The summed E-state index contributed by atoms with van der Waals surface area (Å²) in [6.07, 6.45) is 0. The van der Waals surface area contributed by atoms with Gasteiger partial charge in [-0.25, -0.2) is 0 Å². The maximum Gasteiger partial charge on any atom is 0.124 e. The van der Waals surface area contributed by atoms with Crippen molar-refractivity contribution >= 4 is 40.2 Å². The molecule has 0 unspecified atom stereocenters. The largest absolute Gasteiger partial charge is 0.497 e. The molecule has 110 valence electrons. The SMILES string of the molecule is COc1cc(Nc2cc(Cl)ccc2C(N)=S)cc(OC)c1. The van der Waals surface area contributed by atoms with Gasteiger partial charge >= 0.3 is 0 Å². The number of rotatable bonds is 5. The number of methoxy groups -OCH3 is 2. The Morgan fingerprint density at radius 3 is 2.24 bits per heavy atom. The van der Waals surface area contributed by atoms with E-state index < -0.39 is 0 Å². The van der Waals surface area contributed by atoms with Crippen LogP contribution in [0.2, 0.25) is 5.02 Å². The van der Waals surface area contributed by atoms with E-state index in [4.69, 9.17) is 39.0 Å². The molecule has 0 heterocycles. The highest BCUT2D eigenvalue weighted by molar-refractivity contribution is 7.80. The lowest BCUT2D eigenvalue weighted by Gasteiger charge is -2.14. The molecule has 0 aliphatic carbocycles. The molecule has 2 rings (SSSR count). The summed E-state index contributed by atoms with van der Waals surface area (Å²) in [5, 5.41) is 3.82. The average Bonchev–Trinajstić information content (AvgIpc) is 2.46. The lowest BCUT2D eigenvalue weighted by atomic mass is 10.1. The predicted molar refractivity (Wildman–Crippen MR) is 90.2 cm³/mol. The number of benzene rings is 2. The van der Waals surface area contributed by atoms with E-state index in [1.165, 1.54) is 0 Å². The Bertz CT molecular complexity index is 654. The average molecular weight is 323 g/mol. The first kappa shape index (κ1) is 15.4. The molecule has 4 nitrogen and oxygen atoms in total. The Kier molecular flexibility index (Phi) is 4.88. The van der Waals surface area contributed by atoms with Crippen LogP contribution in [0.1, 0.15) is 5.56 Å². The fourth-order valence-corrected chi connectivity index (χ4v) is 2.22. The monoisotopic (exact) mass is 322 g/mol. The molecule has 0 saturated heterocycles. The highest BCUT2D eigenvalue weighted by Crippen LogP contribution is 2.30. The number of nitrogens with one attached hydrogen (secondary N) is 1. The Morgan fingerprint density at radius 1 is 1.10 bits per heavy atom. The van der Waals surface area contributed by atoms with Crippen LogP contribution in [0.25, 0.3) is 0 Å². The Morgan fingerprint density at radius 2 is 1.71 bits per heavy atom. The van der Waals surface area contributed by atoms with E-state index >= 15 is 0 Å². The van der Waals surface area contributed by atoms with Crippen LogP contribution in [0.15, 0.2) is 36.4 Å². The molecule has 2 aromatic rings. The van der Waals surface area contributed by atoms with Crippen LogP contribution in [-0.4, -0.2) is 19.2 Å². The second kappa shape index (κ2) is 6.65. The van der Waals surface area contributed by atoms with E-state index in [1.54, 1.807) is 38.5 Å². The molecular weight excluding hydrogens is 308 g/mol. The molecule has 0 spiro atoms. The molecule has 0 saturated carbocycles. The Labute approximate surface area is 133 Å². The smallest absolute Gasteiger partial charge is 0.124 e. The highest BCUT2D eigenvalue weighted by Gasteiger charge is 2.08. The first-order valence-corrected chi connectivity index (χ1v) is 6.91. The van der Waals surface area contributed by atoms with Crippen molar-refractivity contribution in [3.8, 4) is 11.5 Å². The van der Waals surface area contributed by atoms with Crippen LogP contribution in [0.4, 0.5) is 11.4 Å². The van der Waals surface area contributed by atoms with E-state index in [-0.39, 0.29) is 0 Å². The van der Waals surface area contributed by atoms with Crippen LogP contribution >= 0.6 is 23.8 Å². The molecule has 0 amide bonds. The summed E-state index contributed by atoms with van der Waals surface area (Å²) in [4.78, 5) is 0.295. The van der Waals surface area contributed by atoms with Crippen molar-refractivity contribution in [3.63, 3.8) is 0 Å². The number of anilines is 2. The highest BCUT2D eigenvalue weighted by atomic mass is 35.5. The molecule has 2 aromatic carbocycles. The van der Waals surface area contributed by atoms with Gasteiger partial charge in [0.1, 0.15) is 16.5 Å². The third-order valence-corrected chi connectivity index (χ3v) is 3.33. The summed E-state index contributed by atoms with van der Waals surface area (Å²) in [5.41, 5.74) is 7.96. The minimum absolute atomic E-state index is 0.295. The van der Waals surface area contributed by atoms with Crippen molar-refractivity contribution < 1.29 is 9.47 Å². The Balaban J connectivity index is 2.42. The number of nitrogens with two attached hydrogens (primary N) is 1. The van der Waals surface area contributed by atoms with Crippen LogP contribution < -0.4 is 20.5 Å². The van der Waals surface area contributed by atoms with Gasteiger partial charge in [-0.1, -0.05) is 23.8 Å². The van der Waals surface area contributed by atoms with Gasteiger partial charge in [-0.3, -0.25) is 0 Å². The second-order valence-electron chi connectivity index (χ2n) is 4.28. The minimum atomic E-state index is 0.295. The van der Waals surface area contributed by atoms with E-state index in [0.717, 1.165) is 16.9 Å². The fraction of sp³-hybridized carbons (Fsp3) is 0.133. The first-order valence-electron chi connectivity index (χ1n) is 6.13. The van der Waals surface area contributed by atoms with Crippen molar-refractivity contribution in [3.05, 3.63) is 47.0 Å². The summed E-state index contributed by atoms with van der Waals surface area (Å²) in [6.45, 7) is 0. The van der Waals surface area contributed by atoms with Gasteiger partial charge in [-0.15, -0.1) is 0 Å². The minimum Gasteiger partial charge on any atom is -0.497 e. The number of hydrogen-bond acceptors (Lipinski definition) is 4. The number of thiocarbonyl (C=S) groups is 1. The summed E-state index contributed by atoms with van der Waals surface area (Å²) in [5.74, 6) is 1.35. The maximum atomic E-state index is 6.03. The van der Waals surface area contributed by atoms with Gasteiger partial charge in [0.25, 0.3) is 0 Å². The molecule has 0 aliphatic heterocycles. The zero-order valence-corrected chi connectivity index (χ0v) is 13.2. The standard InChI is InChI=1S/C15H15ClN2O2S/c1-19-11-6-10(7-12(8-11)20-2)18-14-5-9(16)3-4-13(14)15(17)21/h3-8,18H,1-2H3,(H2,17,21). The van der Waals surface area contributed by atoms with Crippen molar-refractivity contribution in [2.45, 2.75) is 0 Å². The van der Waals surface area contributed by atoms with Gasteiger partial charge in [0.15, 0.2) is 0 Å². The van der Waals surface area contributed by atoms with Crippen molar-refractivity contribution in [1.82, 2.24) is 0 Å². The molecule has 0 aliphatic rings. The van der Waals surface area contributed by atoms with E-state index in [2.05, 4.69) is 5.32 Å². The van der Waals surface area contributed by atoms with Gasteiger partial charge in [-0.2, -0.15) is 0 Å².